The largest absolute Gasteiger partial charge is 0.354 e. The van der Waals surface area contributed by atoms with E-state index in [0.29, 0.717) is 23.8 Å². The highest BCUT2D eigenvalue weighted by Gasteiger charge is 2.22. The summed E-state index contributed by atoms with van der Waals surface area (Å²) in [6.07, 6.45) is 5.11. The molecule has 1 aliphatic rings. The predicted molar refractivity (Wildman–Crippen MR) is 112 cm³/mol. The molecule has 2 aromatic heterocycles. The third kappa shape index (κ3) is 4.31. The number of amides is 1. The molecule has 4 rings (SSSR count). The Morgan fingerprint density at radius 2 is 1.89 bits per heavy atom. The quantitative estimate of drug-likeness (QED) is 0.721. The molecule has 3 aromatic rings. The minimum Gasteiger partial charge on any atom is -0.354 e. The van der Waals surface area contributed by atoms with Crippen molar-refractivity contribution >= 4 is 23.5 Å². The smallest absolute Gasteiger partial charge is 0.256 e. The molecule has 1 N–H and O–H groups in total. The van der Waals surface area contributed by atoms with Gasteiger partial charge in [-0.25, -0.2) is 9.97 Å². The van der Waals surface area contributed by atoms with E-state index in [4.69, 9.17) is 4.98 Å². The van der Waals surface area contributed by atoms with Crippen molar-refractivity contribution in [1.82, 2.24) is 20.3 Å². The third-order valence-corrected chi connectivity index (χ3v) is 5.47. The second-order valence-corrected chi connectivity index (χ2v) is 7.67. The first-order valence-corrected chi connectivity index (χ1v) is 10.4. The summed E-state index contributed by atoms with van der Waals surface area (Å²) in [5.41, 5.74) is 2.40. The topological polar surface area (TPSA) is 71.0 Å². The highest BCUT2D eigenvalue weighted by molar-refractivity contribution is 7.99. The number of anilines is 1. The van der Waals surface area contributed by atoms with Gasteiger partial charge in [-0.3, -0.25) is 9.78 Å². The van der Waals surface area contributed by atoms with E-state index in [1.807, 2.05) is 54.2 Å². The normalized spacial score (nSPS) is 13.9. The first-order valence-electron chi connectivity index (χ1n) is 9.23. The molecule has 1 fully saturated rings. The van der Waals surface area contributed by atoms with Gasteiger partial charge >= 0.3 is 0 Å². The molecule has 28 heavy (non-hydrogen) atoms. The second-order valence-electron chi connectivity index (χ2n) is 6.44. The Balaban J connectivity index is 1.62. The number of thioether (sulfide) groups is 1. The number of rotatable bonds is 5. The van der Waals surface area contributed by atoms with Crippen LogP contribution in [-0.4, -0.2) is 45.5 Å². The van der Waals surface area contributed by atoms with Crippen LogP contribution in [0.1, 0.15) is 15.9 Å². The molecule has 0 unspecified atom stereocenters. The fourth-order valence-electron chi connectivity index (χ4n) is 3.06. The van der Waals surface area contributed by atoms with Crippen molar-refractivity contribution in [2.24, 2.45) is 0 Å². The van der Waals surface area contributed by atoms with Gasteiger partial charge in [-0.05, 0) is 11.6 Å². The first-order chi connectivity index (χ1) is 13.8. The van der Waals surface area contributed by atoms with Gasteiger partial charge in [-0.15, -0.1) is 0 Å². The van der Waals surface area contributed by atoms with Crippen molar-refractivity contribution in [3.8, 4) is 11.4 Å². The molecule has 1 aliphatic heterocycles. The Morgan fingerprint density at radius 3 is 2.64 bits per heavy atom. The molecule has 7 heteroatoms. The molecule has 1 aromatic carbocycles. The van der Waals surface area contributed by atoms with Crippen LogP contribution in [0.2, 0.25) is 0 Å². The van der Waals surface area contributed by atoms with Crippen molar-refractivity contribution < 1.29 is 4.79 Å². The average Bonchev–Trinajstić information content (AvgIpc) is 2.79. The van der Waals surface area contributed by atoms with E-state index >= 15 is 0 Å². The van der Waals surface area contributed by atoms with Crippen LogP contribution in [0.3, 0.4) is 0 Å². The van der Waals surface area contributed by atoms with E-state index < -0.39 is 0 Å². The van der Waals surface area contributed by atoms with Crippen LogP contribution < -0.4 is 10.2 Å². The van der Waals surface area contributed by atoms with E-state index in [-0.39, 0.29) is 5.91 Å². The molecule has 1 saturated heterocycles. The van der Waals surface area contributed by atoms with E-state index in [0.717, 1.165) is 35.7 Å². The van der Waals surface area contributed by atoms with Gasteiger partial charge in [0.15, 0.2) is 5.82 Å². The van der Waals surface area contributed by atoms with Crippen molar-refractivity contribution in [3.63, 3.8) is 0 Å². The number of carbonyl (C=O) groups excluding carboxylic acids is 1. The fourth-order valence-corrected chi connectivity index (χ4v) is 3.96. The minimum atomic E-state index is -0.170. The van der Waals surface area contributed by atoms with Gasteiger partial charge in [0.05, 0.1) is 0 Å². The lowest BCUT2D eigenvalue weighted by atomic mass is 10.2. The maximum absolute atomic E-state index is 12.9. The number of nitrogens with one attached hydrogen (secondary N) is 1. The van der Waals surface area contributed by atoms with Crippen LogP contribution in [0.15, 0.2) is 61.1 Å². The van der Waals surface area contributed by atoms with Crippen LogP contribution in [0.25, 0.3) is 11.4 Å². The number of pyridine rings is 1. The summed E-state index contributed by atoms with van der Waals surface area (Å²) in [6.45, 7) is 2.17. The van der Waals surface area contributed by atoms with Crippen molar-refractivity contribution in [2.75, 3.05) is 29.5 Å². The number of carbonyl (C=O) groups is 1. The Labute approximate surface area is 168 Å². The maximum atomic E-state index is 12.9. The zero-order valence-electron chi connectivity index (χ0n) is 15.4. The Kier molecular flexibility index (Phi) is 5.82. The zero-order chi connectivity index (χ0) is 19.2. The molecule has 0 atom stereocenters. The summed E-state index contributed by atoms with van der Waals surface area (Å²) in [7, 11) is 0. The molecule has 3 heterocycles. The number of benzene rings is 1. The van der Waals surface area contributed by atoms with E-state index in [2.05, 4.69) is 20.2 Å². The van der Waals surface area contributed by atoms with E-state index in [1.165, 1.54) is 0 Å². The van der Waals surface area contributed by atoms with Gasteiger partial charge in [0.2, 0.25) is 0 Å². The predicted octanol–water partition coefficient (Wildman–Crippen LogP) is 3.02. The molecule has 0 radical (unpaired) electrons. The standard InChI is InChI=1S/C21H21N5OS/c27-21(24-14-16-5-4-8-22-13-16)18-15-23-19(17-6-2-1-3-7-17)25-20(18)26-9-11-28-12-10-26/h1-8,13,15H,9-12,14H2,(H,24,27). The SMILES string of the molecule is O=C(NCc1cccnc1)c1cnc(-c2ccccc2)nc1N1CCSCC1. The van der Waals surface area contributed by atoms with Gasteiger partial charge < -0.3 is 10.2 Å². The van der Waals surface area contributed by atoms with Gasteiger partial charge in [0.25, 0.3) is 5.91 Å². The van der Waals surface area contributed by atoms with Crippen LogP contribution in [0, 0.1) is 0 Å². The highest BCUT2D eigenvalue weighted by atomic mass is 32.2. The average molecular weight is 392 g/mol. The molecule has 0 aliphatic carbocycles. The lowest BCUT2D eigenvalue weighted by Gasteiger charge is -2.29. The zero-order valence-corrected chi connectivity index (χ0v) is 16.2. The Bertz CT molecular complexity index is 930. The van der Waals surface area contributed by atoms with Gasteiger partial charge in [-0.2, -0.15) is 11.8 Å². The monoisotopic (exact) mass is 391 g/mol. The molecular weight excluding hydrogens is 370 g/mol. The highest BCUT2D eigenvalue weighted by Crippen LogP contribution is 2.25. The van der Waals surface area contributed by atoms with Crippen LogP contribution in [0.5, 0.6) is 0 Å². The summed E-state index contributed by atoms with van der Waals surface area (Å²) in [5.74, 6) is 3.23. The molecule has 142 valence electrons. The van der Waals surface area contributed by atoms with Crippen LogP contribution >= 0.6 is 11.8 Å². The number of hydrogen-bond donors (Lipinski definition) is 1. The number of nitrogens with zero attached hydrogens (tertiary/aromatic N) is 4. The van der Waals surface area contributed by atoms with Crippen molar-refractivity contribution in [2.45, 2.75) is 6.54 Å². The number of aromatic nitrogens is 3. The van der Waals surface area contributed by atoms with E-state index in [1.54, 1.807) is 18.6 Å². The lowest BCUT2D eigenvalue weighted by Crippen LogP contribution is -2.36. The van der Waals surface area contributed by atoms with E-state index in [9.17, 15) is 4.79 Å². The first kappa shape index (κ1) is 18.4. The second kappa shape index (κ2) is 8.84. The van der Waals surface area contributed by atoms with Crippen molar-refractivity contribution in [3.05, 3.63) is 72.2 Å². The fraction of sp³-hybridized carbons (Fsp3) is 0.238. The molecule has 0 saturated carbocycles. The van der Waals surface area contributed by atoms with Gasteiger partial charge in [0, 0.05) is 55.3 Å². The summed E-state index contributed by atoms with van der Waals surface area (Å²) < 4.78 is 0. The minimum absolute atomic E-state index is 0.170. The summed E-state index contributed by atoms with van der Waals surface area (Å²) in [6, 6.07) is 13.6. The third-order valence-electron chi connectivity index (χ3n) is 4.53. The Hall–Kier alpha value is -2.93. The number of hydrogen-bond acceptors (Lipinski definition) is 6. The molecule has 1 amide bonds. The lowest BCUT2D eigenvalue weighted by molar-refractivity contribution is 0.0950. The summed E-state index contributed by atoms with van der Waals surface area (Å²) >= 11 is 1.92. The van der Waals surface area contributed by atoms with Gasteiger partial charge in [-0.1, -0.05) is 36.4 Å². The van der Waals surface area contributed by atoms with Crippen molar-refractivity contribution in [1.29, 1.82) is 0 Å². The molecule has 6 nitrogen and oxygen atoms in total. The molecule has 0 bridgehead atoms. The van der Waals surface area contributed by atoms with Crippen LogP contribution in [0.4, 0.5) is 5.82 Å². The van der Waals surface area contributed by atoms with Gasteiger partial charge in [0.1, 0.15) is 11.4 Å². The van der Waals surface area contributed by atoms with Crippen LogP contribution in [-0.2, 0) is 6.54 Å². The summed E-state index contributed by atoms with van der Waals surface area (Å²) in [5, 5.41) is 2.96. The molecule has 0 spiro atoms. The molecular formula is C21H21N5OS. The summed E-state index contributed by atoms with van der Waals surface area (Å²) in [4.78, 5) is 28.4. The Morgan fingerprint density at radius 1 is 1.07 bits per heavy atom. The maximum Gasteiger partial charge on any atom is 0.256 e.